The fourth-order valence-electron chi connectivity index (χ4n) is 2.89. The van der Waals surface area contributed by atoms with E-state index in [1.165, 1.54) is 22.5 Å². The lowest BCUT2D eigenvalue weighted by atomic mass is 10.1. The van der Waals surface area contributed by atoms with Crippen LogP contribution in [0.5, 0.6) is 0 Å². The number of nitrogens with one attached hydrogen (secondary N) is 1. The summed E-state index contributed by atoms with van der Waals surface area (Å²) < 4.78 is 25.3. The first kappa shape index (κ1) is 19.6. The Balaban J connectivity index is 1.68. The van der Waals surface area contributed by atoms with Crippen LogP contribution in [0.2, 0.25) is 0 Å². The van der Waals surface area contributed by atoms with Gasteiger partial charge in [-0.1, -0.05) is 18.2 Å². The van der Waals surface area contributed by atoms with Gasteiger partial charge in [0.05, 0.1) is 22.1 Å². The Labute approximate surface area is 162 Å². The first-order valence-electron chi connectivity index (χ1n) is 8.61. The maximum Gasteiger partial charge on any atom is 0.271 e. The first-order valence-corrected chi connectivity index (χ1v) is 10.2. The fraction of sp³-hybridized carbons (Fsp3) is 0.211. The second-order valence-corrected chi connectivity index (χ2v) is 8.42. The highest BCUT2D eigenvalue weighted by Crippen LogP contribution is 2.25. The van der Waals surface area contributed by atoms with Crippen molar-refractivity contribution in [3.63, 3.8) is 0 Å². The van der Waals surface area contributed by atoms with Crippen LogP contribution in [0, 0.1) is 17.0 Å². The molecule has 0 aliphatic carbocycles. The number of nitro benzene ring substituents is 1. The van der Waals surface area contributed by atoms with E-state index in [4.69, 9.17) is 0 Å². The smallest absolute Gasteiger partial charge is 0.271 e. The zero-order chi connectivity index (χ0) is 20.3. The Morgan fingerprint density at radius 1 is 1.21 bits per heavy atom. The number of non-ortho nitro benzene ring substituents is 1. The number of carbonyl (C=O) groups excluding carboxylic acids is 1. The SMILES string of the molecule is Cc1ccc([N+](=O)[O-])cc1NC(=O)/C=C/c1ccc(N2CCCS2(=O)=O)cc1. The first-order chi connectivity index (χ1) is 13.3. The third-order valence-corrected chi connectivity index (χ3v) is 6.27. The summed E-state index contributed by atoms with van der Waals surface area (Å²) in [5.74, 6) is -0.263. The van der Waals surface area contributed by atoms with Gasteiger partial charge >= 0.3 is 0 Å². The van der Waals surface area contributed by atoms with Crippen molar-refractivity contribution in [3.05, 3.63) is 69.8 Å². The summed E-state index contributed by atoms with van der Waals surface area (Å²) in [6, 6.07) is 11.1. The highest BCUT2D eigenvalue weighted by Gasteiger charge is 2.28. The highest BCUT2D eigenvalue weighted by atomic mass is 32.2. The van der Waals surface area contributed by atoms with E-state index in [-0.39, 0.29) is 11.4 Å². The number of hydrogen-bond acceptors (Lipinski definition) is 5. The van der Waals surface area contributed by atoms with E-state index in [9.17, 15) is 23.3 Å². The number of amides is 1. The number of carbonyl (C=O) groups is 1. The lowest BCUT2D eigenvalue weighted by Crippen LogP contribution is -2.24. The number of nitrogens with zero attached hydrogens (tertiary/aromatic N) is 2. The summed E-state index contributed by atoms with van der Waals surface area (Å²) in [7, 11) is -3.22. The second-order valence-electron chi connectivity index (χ2n) is 6.41. The number of sulfonamides is 1. The number of rotatable bonds is 5. The van der Waals surface area contributed by atoms with Gasteiger partial charge in [-0.25, -0.2) is 8.42 Å². The van der Waals surface area contributed by atoms with Crippen LogP contribution in [0.1, 0.15) is 17.5 Å². The summed E-state index contributed by atoms with van der Waals surface area (Å²) in [6.07, 6.45) is 3.52. The Morgan fingerprint density at radius 2 is 1.93 bits per heavy atom. The minimum Gasteiger partial charge on any atom is -0.322 e. The van der Waals surface area contributed by atoms with E-state index in [0.29, 0.717) is 29.9 Å². The molecule has 8 nitrogen and oxygen atoms in total. The number of nitro groups is 1. The van der Waals surface area contributed by atoms with Crippen LogP contribution in [-0.2, 0) is 14.8 Å². The molecule has 0 saturated carbocycles. The molecule has 2 aromatic carbocycles. The van der Waals surface area contributed by atoms with Gasteiger partial charge in [-0.2, -0.15) is 0 Å². The van der Waals surface area contributed by atoms with Crippen LogP contribution < -0.4 is 9.62 Å². The van der Waals surface area contributed by atoms with Crippen LogP contribution in [-0.4, -0.2) is 31.5 Å². The van der Waals surface area contributed by atoms with E-state index in [2.05, 4.69) is 5.32 Å². The molecule has 0 unspecified atom stereocenters. The van der Waals surface area contributed by atoms with Gasteiger partial charge in [0.15, 0.2) is 0 Å². The third-order valence-electron chi connectivity index (χ3n) is 4.40. The topological polar surface area (TPSA) is 110 Å². The standard InChI is InChI=1S/C19H19N3O5S/c1-14-3-7-17(22(24)25)13-18(14)20-19(23)10-6-15-4-8-16(9-5-15)21-11-2-12-28(21,26)27/h3-10,13H,2,11-12H2,1H3,(H,20,23)/b10-6+. The van der Waals surface area contributed by atoms with Gasteiger partial charge in [-0.15, -0.1) is 0 Å². The zero-order valence-electron chi connectivity index (χ0n) is 15.2. The van der Waals surface area contributed by atoms with Crippen molar-refractivity contribution in [2.24, 2.45) is 0 Å². The molecule has 146 valence electrons. The van der Waals surface area contributed by atoms with Crippen LogP contribution in [0.25, 0.3) is 6.08 Å². The molecule has 0 atom stereocenters. The molecule has 1 saturated heterocycles. The predicted octanol–water partition coefficient (Wildman–Crippen LogP) is 3.10. The second kappa shape index (κ2) is 7.81. The van der Waals surface area contributed by atoms with Gasteiger partial charge in [0, 0.05) is 24.8 Å². The molecule has 2 aromatic rings. The molecule has 28 heavy (non-hydrogen) atoms. The van der Waals surface area contributed by atoms with Gasteiger partial charge in [-0.3, -0.25) is 19.2 Å². The molecule has 0 radical (unpaired) electrons. The molecular weight excluding hydrogens is 382 g/mol. The molecule has 0 spiro atoms. The number of aryl methyl sites for hydroxylation is 1. The van der Waals surface area contributed by atoms with Crippen molar-refractivity contribution in [1.29, 1.82) is 0 Å². The van der Waals surface area contributed by atoms with Crippen LogP contribution >= 0.6 is 0 Å². The molecule has 3 rings (SSSR count). The van der Waals surface area contributed by atoms with Gasteiger partial charge < -0.3 is 5.32 Å². The van der Waals surface area contributed by atoms with Gasteiger partial charge in [-0.05, 0) is 42.7 Å². The van der Waals surface area contributed by atoms with Crippen LogP contribution in [0.3, 0.4) is 0 Å². The Kier molecular flexibility index (Phi) is 5.46. The van der Waals surface area contributed by atoms with Gasteiger partial charge in [0.2, 0.25) is 15.9 Å². The molecule has 1 aliphatic rings. The molecule has 1 aliphatic heterocycles. The van der Waals surface area contributed by atoms with E-state index in [0.717, 1.165) is 5.56 Å². The van der Waals surface area contributed by atoms with Crippen molar-refractivity contribution in [2.75, 3.05) is 21.9 Å². The predicted molar refractivity (Wildman–Crippen MR) is 108 cm³/mol. The Morgan fingerprint density at radius 3 is 2.54 bits per heavy atom. The number of benzene rings is 2. The summed E-state index contributed by atoms with van der Waals surface area (Å²) >= 11 is 0. The van der Waals surface area contributed by atoms with Gasteiger partial charge in [0.25, 0.3) is 5.69 Å². The summed E-state index contributed by atoms with van der Waals surface area (Å²) in [5, 5.41) is 13.5. The molecular formula is C19H19N3O5S. The highest BCUT2D eigenvalue weighted by molar-refractivity contribution is 7.93. The summed E-state index contributed by atoms with van der Waals surface area (Å²) in [5.41, 5.74) is 2.32. The van der Waals surface area contributed by atoms with Crippen molar-refractivity contribution in [1.82, 2.24) is 0 Å². The van der Waals surface area contributed by atoms with E-state index < -0.39 is 20.9 Å². The fourth-order valence-corrected chi connectivity index (χ4v) is 4.45. The van der Waals surface area contributed by atoms with Gasteiger partial charge in [0.1, 0.15) is 0 Å². The molecule has 1 N–H and O–H groups in total. The van der Waals surface area contributed by atoms with E-state index >= 15 is 0 Å². The largest absolute Gasteiger partial charge is 0.322 e. The third kappa shape index (κ3) is 4.37. The Hall–Kier alpha value is -3.20. The minimum absolute atomic E-state index is 0.0997. The molecule has 1 amide bonds. The van der Waals surface area contributed by atoms with Crippen molar-refractivity contribution in [3.8, 4) is 0 Å². The molecule has 0 bridgehead atoms. The average molecular weight is 401 g/mol. The molecule has 0 aromatic heterocycles. The summed E-state index contributed by atoms with van der Waals surface area (Å²) in [4.78, 5) is 22.5. The Bertz CT molecular complexity index is 1050. The van der Waals surface area contributed by atoms with Crippen molar-refractivity contribution >= 4 is 39.1 Å². The maximum absolute atomic E-state index is 12.1. The van der Waals surface area contributed by atoms with Crippen LogP contribution in [0.4, 0.5) is 17.1 Å². The lowest BCUT2D eigenvalue weighted by Gasteiger charge is -2.16. The monoisotopic (exact) mass is 401 g/mol. The molecule has 9 heteroatoms. The van der Waals surface area contributed by atoms with E-state index in [1.807, 2.05) is 0 Å². The summed E-state index contributed by atoms with van der Waals surface area (Å²) in [6.45, 7) is 2.22. The average Bonchev–Trinajstić information content (AvgIpc) is 3.01. The minimum atomic E-state index is -3.22. The van der Waals surface area contributed by atoms with E-state index in [1.54, 1.807) is 43.3 Å². The molecule has 1 fully saturated rings. The van der Waals surface area contributed by atoms with Crippen LogP contribution in [0.15, 0.2) is 48.5 Å². The number of hydrogen-bond donors (Lipinski definition) is 1. The molecule has 1 heterocycles. The maximum atomic E-state index is 12.1. The lowest BCUT2D eigenvalue weighted by molar-refractivity contribution is -0.384. The van der Waals surface area contributed by atoms with Crippen molar-refractivity contribution < 1.29 is 18.1 Å². The normalized spacial score (nSPS) is 15.7. The quantitative estimate of drug-likeness (QED) is 0.470. The van der Waals surface area contributed by atoms with Crippen molar-refractivity contribution in [2.45, 2.75) is 13.3 Å². The zero-order valence-corrected chi connectivity index (χ0v) is 16.0. The number of anilines is 2.